The lowest BCUT2D eigenvalue weighted by molar-refractivity contribution is -0.129. The predicted octanol–water partition coefficient (Wildman–Crippen LogP) is 5.32. The second kappa shape index (κ2) is 8.47. The standard InChI is InChI=1S/C24H16BrNO4/c1-15-2-6-17(7-3-15)22-26-21(24(28)30-22)14-16-4-12-20(13-5-16)29-23(27)18-8-10-19(25)11-9-18/h2-14H,1H3/b21-14-. The normalized spacial score (nSPS) is 14.4. The van der Waals surface area contributed by atoms with E-state index in [0.717, 1.165) is 21.2 Å². The zero-order valence-electron chi connectivity index (χ0n) is 16.0. The maximum Gasteiger partial charge on any atom is 0.363 e. The minimum Gasteiger partial charge on any atom is -0.423 e. The average molecular weight is 462 g/mol. The summed E-state index contributed by atoms with van der Waals surface area (Å²) >= 11 is 3.33. The van der Waals surface area contributed by atoms with E-state index in [9.17, 15) is 9.59 Å². The highest BCUT2D eigenvalue weighted by atomic mass is 79.9. The molecular formula is C24H16BrNO4. The number of benzene rings is 3. The number of aryl methyl sites for hydroxylation is 1. The van der Waals surface area contributed by atoms with Crippen molar-refractivity contribution in [2.24, 2.45) is 4.99 Å². The lowest BCUT2D eigenvalue weighted by Gasteiger charge is -2.05. The quantitative estimate of drug-likeness (QED) is 0.299. The van der Waals surface area contributed by atoms with Crippen LogP contribution in [0.15, 0.2) is 88.0 Å². The van der Waals surface area contributed by atoms with Crippen molar-refractivity contribution in [3.63, 3.8) is 0 Å². The highest BCUT2D eigenvalue weighted by molar-refractivity contribution is 9.10. The fourth-order valence-electron chi connectivity index (χ4n) is 2.77. The van der Waals surface area contributed by atoms with E-state index >= 15 is 0 Å². The van der Waals surface area contributed by atoms with Crippen LogP contribution in [0, 0.1) is 6.92 Å². The molecule has 30 heavy (non-hydrogen) atoms. The van der Waals surface area contributed by atoms with Crippen molar-refractivity contribution in [1.29, 1.82) is 0 Å². The Balaban J connectivity index is 1.48. The Morgan fingerprint density at radius 1 is 0.967 bits per heavy atom. The van der Waals surface area contributed by atoms with E-state index in [4.69, 9.17) is 9.47 Å². The molecule has 3 aromatic carbocycles. The molecule has 0 saturated heterocycles. The number of ether oxygens (including phenoxy) is 2. The molecule has 0 N–H and O–H groups in total. The number of hydrogen-bond acceptors (Lipinski definition) is 5. The van der Waals surface area contributed by atoms with Crippen LogP contribution in [0.5, 0.6) is 5.75 Å². The van der Waals surface area contributed by atoms with Gasteiger partial charge in [0.25, 0.3) is 0 Å². The minimum atomic E-state index is -0.503. The number of carbonyl (C=O) groups is 2. The Kier molecular flexibility index (Phi) is 5.59. The van der Waals surface area contributed by atoms with Gasteiger partial charge < -0.3 is 9.47 Å². The van der Waals surface area contributed by atoms with E-state index in [0.29, 0.717) is 11.3 Å². The second-order valence-electron chi connectivity index (χ2n) is 6.67. The number of esters is 2. The molecule has 0 saturated carbocycles. The fraction of sp³-hybridized carbons (Fsp3) is 0.0417. The molecule has 0 aromatic heterocycles. The van der Waals surface area contributed by atoms with Gasteiger partial charge in [-0.3, -0.25) is 0 Å². The van der Waals surface area contributed by atoms with Crippen molar-refractivity contribution in [2.75, 3.05) is 0 Å². The van der Waals surface area contributed by atoms with Gasteiger partial charge in [-0.15, -0.1) is 0 Å². The molecule has 0 unspecified atom stereocenters. The molecule has 0 radical (unpaired) electrons. The number of nitrogens with zero attached hydrogens (tertiary/aromatic N) is 1. The van der Waals surface area contributed by atoms with Gasteiger partial charge in [-0.05, 0) is 67.1 Å². The maximum absolute atomic E-state index is 12.2. The Labute approximate surface area is 181 Å². The van der Waals surface area contributed by atoms with Gasteiger partial charge in [-0.2, -0.15) is 0 Å². The molecule has 1 aliphatic heterocycles. The highest BCUT2D eigenvalue weighted by Crippen LogP contribution is 2.21. The summed E-state index contributed by atoms with van der Waals surface area (Å²) in [5, 5.41) is 0. The zero-order chi connectivity index (χ0) is 21.1. The summed E-state index contributed by atoms with van der Waals surface area (Å²) in [4.78, 5) is 28.6. The third-order valence-corrected chi connectivity index (χ3v) is 4.92. The molecule has 0 atom stereocenters. The van der Waals surface area contributed by atoms with E-state index in [1.54, 1.807) is 54.6 Å². The molecule has 0 bridgehead atoms. The van der Waals surface area contributed by atoms with Crippen LogP contribution < -0.4 is 4.74 Å². The molecule has 4 rings (SSSR count). The number of hydrogen-bond donors (Lipinski definition) is 0. The van der Waals surface area contributed by atoms with E-state index < -0.39 is 11.9 Å². The van der Waals surface area contributed by atoms with E-state index in [2.05, 4.69) is 20.9 Å². The average Bonchev–Trinajstić information content (AvgIpc) is 3.10. The molecule has 3 aromatic rings. The molecule has 148 valence electrons. The van der Waals surface area contributed by atoms with Crippen LogP contribution in [0.25, 0.3) is 6.08 Å². The highest BCUT2D eigenvalue weighted by Gasteiger charge is 2.24. The van der Waals surface area contributed by atoms with Crippen molar-refractivity contribution >= 4 is 39.8 Å². The van der Waals surface area contributed by atoms with Gasteiger partial charge in [0.1, 0.15) is 5.75 Å². The van der Waals surface area contributed by atoms with E-state index in [-0.39, 0.29) is 11.6 Å². The lowest BCUT2D eigenvalue weighted by atomic mass is 10.1. The number of aliphatic imine (C=N–C) groups is 1. The van der Waals surface area contributed by atoms with Crippen LogP contribution >= 0.6 is 15.9 Å². The molecule has 5 nitrogen and oxygen atoms in total. The largest absolute Gasteiger partial charge is 0.423 e. The third kappa shape index (κ3) is 4.55. The first-order valence-electron chi connectivity index (χ1n) is 9.15. The van der Waals surface area contributed by atoms with Gasteiger partial charge in [-0.1, -0.05) is 45.8 Å². The van der Waals surface area contributed by atoms with Crippen LogP contribution in [0.4, 0.5) is 0 Å². The monoisotopic (exact) mass is 461 g/mol. The Morgan fingerprint density at radius 3 is 2.30 bits per heavy atom. The molecule has 0 amide bonds. The molecule has 1 aliphatic rings. The molecule has 6 heteroatoms. The van der Waals surface area contributed by atoms with Crippen molar-refractivity contribution < 1.29 is 19.1 Å². The van der Waals surface area contributed by atoms with Crippen LogP contribution in [-0.4, -0.2) is 17.8 Å². The maximum atomic E-state index is 12.2. The van der Waals surface area contributed by atoms with Gasteiger partial charge >= 0.3 is 11.9 Å². The summed E-state index contributed by atoms with van der Waals surface area (Å²) in [5.41, 5.74) is 3.26. The second-order valence-corrected chi connectivity index (χ2v) is 7.58. The Morgan fingerprint density at radius 2 is 1.63 bits per heavy atom. The van der Waals surface area contributed by atoms with Crippen molar-refractivity contribution in [3.8, 4) is 5.75 Å². The Bertz CT molecular complexity index is 1160. The number of cyclic esters (lactones) is 1. The summed E-state index contributed by atoms with van der Waals surface area (Å²) < 4.78 is 11.5. The Hall–Kier alpha value is -3.51. The van der Waals surface area contributed by atoms with Gasteiger partial charge in [0, 0.05) is 10.0 Å². The zero-order valence-corrected chi connectivity index (χ0v) is 17.5. The first-order valence-corrected chi connectivity index (χ1v) is 9.95. The van der Waals surface area contributed by atoms with Gasteiger partial charge in [-0.25, -0.2) is 14.6 Å². The minimum absolute atomic E-state index is 0.213. The summed E-state index contributed by atoms with van der Waals surface area (Å²) in [6, 6.07) is 21.3. The number of rotatable bonds is 4. The fourth-order valence-corrected chi connectivity index (χ4v) is 3.03. The SMILES string of the molecule is Cc1ccc(C2=N/C(=C\c3ccc(OC(=O)c4ccc(Br)cc4)cc3)C(=O)O2)cc1. The third-order valence-electron chi connectivity index (χ3n) is 4.39. The summed E-state index contributed by atoms with van der Waals surface area (Å²) in [7, 11) is 0. The smallest absolute Gasteiger partial charge is 0.363 e. The molecule has 1 heterocycles. The van der Waals surface area contributed by atoms with Crippen LogP contribution in [0.1, 0.15) is 27.0 Å². The van der Waals surface area contributed by atoms with Crippen LogP contribution in [-0.2, 0) is 9.53 Å². The van der Waals surface area contributed by atoms with Gasteiger partial charge in [0.15, 0.2) is 5.70 Å². The number of halogens is 1. The molecule has 0 aliphatic carbocycles. The first kappa shape index (κ1) is 19.8. The summed E-state index contributed by atoms with van der Waals surface area (Å²) in [6.45, 7) is 1.98. The molecular weight excluding hydrogens is 446 g/mol. The predicted molar refractivity (Wildman–Crippen MR) is 117 cm³/mol. The van der Waals surface area contributed by atoms with Gasteiger partial charge in [0.2, 0.25) is 5.90 Å². The first-order chi connectivity index (χ1) is 14.5. The molecule has 0 spiro atoms. The number of carbonyl (C=O) groups excluding carboxylic acids is 2. The van der Waals surface area contributed by atoms with Gasteiger partial charge in [0.05, 0.1) is 5.56 Å². The summed E-state index contributed by atoms with van der Waals surface area (Å²) in [5.74, 6) is -0.258. The van der Waals surface area contributed by atoms with E-state index in [1.165, 1.54) is 0 Å². The van der Waals surface area contributed by atoms with Crippen LogP contribution in [0.2, 0.25) is 0 Å². The van der Waals surface area contributed by atoms with Crippen LogP contribution in [0.3, 0.4) is 0 Å². The lowest BCUT2D eigenvalue weighted by Crippen LogP contribution is -2.08. The van der Waals surface area contributed by atoms with Crippen molar-refractivity contribution in [1.82, 2.24) is 0 Å². The summed E-state index contributed by atoms with van der Waals surface area (Å²) in [6.07, 6.45) is 1.63. The van der Waals surface area contributed by atoms with Crippen molar-refractivity contribution in [2.45, 2.75) is 6.92 Å². The molecule has 0 fully saturated rings. The van der Waals surface area contributed by atoms with Crippen molar-refractivity contribution in [3.05, 3.63) is 105 Å². The van der Waals surface area contributed by atoms with E-state index in [1.807, 2.05) is 31.2 Å². The topological polar surface area (TPSA) is 65.0 Å².